The minimum absolute atomic E-state index is 0.460. The van der Waals surface area contributed by atoms with Crippen molar-refractivity contribution in [2.24, 2.45) is 0 Å². The zero-order valence-corrected chi connectivity index (χ0v) is 14.4. The number of aliphatic hydroxyl groups is 1. The van der Waals surface area contributed by atoms with Crippen LogP contribution >= 0.6 is 11.3 Å². The van der Waals surface area contributed by atoms with Crippen molar-refractivity contribution in [2.75, 3.05) is 13.6 Å². The first-order valence-electron chi connectivity index (χ1n) is 8.15. The normalized spacial score (nSPS) is 16.7. The monoisotopic (exact) mass is 326 g/mol. The Morgan fingerprint density at radius 3 is 2.83 bits per heavy atom. The highest BCUT2D eigenvalue weighted by atomic mass is 32.1. The lowest BCUT2D eigenvalue weighted by Gasteiger charge is -2.25. The Bertz CT molecular complexity index is 834. The van der Waals surface area contributed by atoms with Crippen molar-refractivity contribution >= 4 is 21.6 Å². The number of aliphatic hydroxyl groups excluding tert-OH is 1. The van der Waals surface area contributed by atoms with Crippen molar-refractivity contribution in [3.63, 3.8) is 0 Å². The minimum atomic E-state index is -0.460. The molecular formula is C19H22N2OS. The molecule has 3 aromatic rings. The molecule has 0 bridgehead atoms. The highest BCUT2D eigenvalue weighted by molar-refractivity contribution is 7.18. The largest absolute Gasteiger partial charge is 0.387 e. The number of likely N-dealkylation sites (N-methyl/N-ethyl adjacent to an activating group) is 1. The smallest absolute Gasteiger partial charge is 0.103 e. The maximum absolute atomic E-state index is 10.7. The van der Waals surface area contributed by atoms with E-state index in [1.807, 2.05) is 41.7 Å². The van der Waals surface area contributed by atoms with Crippen molar-refractivity contribution < 1.29 is 5.11 Å². The zero-order valence-electron chi connectivity index (χ0n) is 13.6. The van der Waals surface area contributed by atoms with Crippen LogP contribution in [-0.4, -0.2) is 28.2 Å². The van der Waals surface area contributed by atoms with Gasteiger partial charge in [0.25, 0.3) is 0 Å². The fourth-order valence-corrected chi connectivity index (χ4v) is 4.68. The highest BCUT2D eigenvalue weighted by Crippen LogP contribution is 2.36. The highest BCUT2D eigenvalue weighted by Gasteiger charge is 2.25. The van der Waals surface area contributed by atoms with Gasteiger partial charge in [-0.05, 0) is 31.2 Å². The molecule has 0 radical (unpaired) electrons. The van der Waals surface area contributed by atoms with Gasteiger partial charge in [0.1, 0.15) is 4.83 Å². The lowest BCUT2D eigenvalue weighted by atomic mass is 10.1. The molecule has 4 heteroatoms. The lowest BCUT2D eigenvalue weighted by molar-refractivity contribution is 0.156. The molecule has 4 rings (SSSR count). The predicted molar refractivity (Wildman–Crippen MR) is 96.0 cm³/mol. The second kappa shape index (κ2) is 5.78. The molecule has 120 valence electrons. The molecule has 3 heterocycles. The summed E-state index contributed by atoms with van der Waals surface area (Å²) in [6.45, 7) is 4.90. The molecule has 0 fully saturated rings. The van der Waals surface area contributed by atoms with Gasteiger partial charge in [0.15, 0.2) is 0 Å². The maximum atomic E-state index is 10.7. The minimum Gasteiger partial charge on any atom is -0.387 e. The van der Waals surface area contributed by atoms with E-state index in [1.54, 1.807) is 0 Å². The van der Waals surface area contributed by atoms with Crippen LogP contribution in [0.25, 0.3) is 10.2 Å². The second-order valence-corrected chi connectivity index (χ2v) is 7.76. The van der Waals surface area contributed by atoms with Crippen molar-refractivity contribution in [3.05, 3.63) is 58.1 Å². The second-order valence-electron chi connectivity index (χ2n) is 6.53. The van der Waals surface area contributed by atoms with Gasteiger partial charge in [0.05, 0.1) is 12.6 Å². The maximum Gasteiger partial charge on any atom is 0.103 e. The summed E-state index contributed by atoms with van der Waals surface area (Å²) in [5.41, 5.74) is 3.86. The summed E-state index contributed by atoms with van der Waals surface area (Å²) in [6, 6.07) is 12.3. The number of hydrogen-bond donors (Lipinski definition) is 1. The zero-order chi connectivity index (χ0) is 16.0. The molecule has 1 unspecified atom stereocenters. The Kier molecular flexibility index (Phi) is 3.76. The van der Waals surface area contributed by atoms with Crippen LogP contribution in [0.3, 0.4) is 0 Å². The summed E-state index contributed by atoms with van der Waals surface area (Å²) in [6.07, 6.45) is 0.603. The topological polar surface area (TPSA) is 28.4 Å². The molecule has 1 aromatic carbocycles. The van der Waals surface area contributed by atoms with Crippen LogP contribution in [0.1, 0.15) is 27.8 Å². The molecule has 1 aliphatic heterocycles. The van der Waals surface area contributed by atoms with Crippen LogP contribution in [0.15, 0.2) is 36.4 Å². The van der Waals surface area contributed by atoms with E-state index >= 15 is 0 Å². The molecule has 1 aliphatic rings. The Morgan fingerprint density at radius 1 is 1.26 bits per heavy atom. The van der Waals surface area contributed by atoms with E-state index in [9.17, 15) is 5.11 Å². The number of aryl methyl sites for hydroxylation is 1. The van der Waals surface area contributed by atoms with Crippen molar-refractivity contribution in [1.82, 2.24) is 9.47 Å². The van der Waals surface area contributed by atoms with Crippen LogP contribution < -0.4 is 0 Å². The Hall–Kier alpha value is -1.62. The third kappa shape index (κ3) is 2.61. The summed E-state index contributed by atoms with van der Waals surface area (Å²) in [7, 11) is 2.18. The number of thiophene rings is 1. The van der Waals surface area contributed by atoms with Crippen LogP contribution in [0.2, 0.25) is 0 Å². The standard InChI is InChI=1S/C19H22N2OS/c1-13-10-15-16-11-20(2)9-8-17(16)21(19(15)23-13)12-18(22)14-6-4-3-5-7-14/h3-7,10,18,22H,8-9,11-12H2,1-2H3. The summed E-state index contributed by atoms with van der Waals surface area (Å²) < 4.78 is 2.37. The van der Waals surface area contributed by atoms with E-state index in [-0.39, 0.29) is 0 Å². The number of nitrogens with zero attached hydrogens (tertiary/aromatic N) is 2. The third-order valence-corrected chi connectivity index (χ3v) is 5.85. The lowest BCUT2D eigenvalue weighted by Crippen LogP contribution is -2.27. The van der Waals surface area contributed by atoms with Gasteiger partial charge in [-0.25, -0.2) is 0 Å². The van der Waals surface area contributed by atoms with E-state index in [0.29, 0.717) is 6.54 Å². The van der Waals surface area contributed by atoms with Gasteiger partial charge >= 0.3 is 0 Å². The van der Waals surface area contributed by atoms with Gasteiger partial charge in [0.2, 0.25) is 0 Å². The van der Waals surface area contributed by atoms with Crippen LogP contribution in [0, 0.1) is 6.92 Å². The van der Waals surface area contributed by atoms with Gasteiger partial charge in [-0.15, -0.1) is 11.3 Å². The van der Waals surface area contributed by atoms with Crippen molar-refractivity contribution in [3.8, 4) is 0 Å². The van der Waals surface area contributed by atoms with E-state index in [4.69, 9.17) is 0 Å². The van der Waals surface area contributed by atoms with Crippen LogP contribution in [-0.2, 0) is 19.5 Å². The van der Waals surface area contributed by atoms with E-state index < -0.39 is 6.10 Å². The fourth-order valence-electron chi connectivity index (χ4n) is 3.61. The first kappa shape index (κ1) is 14.9. The first-order chi connectivity index (χ1) is 11.1. The molecule has 23 heavy (non-hydrogen) atoms. The van der Waals surface area contributed by atoms with Gasteiger partial charge in [-0.2, -0.15) is 0 Å². The number of hydrogen-bond acceptors (Lipinski definition) is 3. The van der Waals surface area contributed by atoms with Gasteiger partial charge in [-0.3, -0.25) is 0 Å². The average Bonchev–Trinajstić information content (AvgIpc) is 3.05. The SMILES string of the molecule is Cc1cc2c3c(n(CC(O)c4ccccc4)c2s1)CCN(C)C3. The third-order valence-electron chi connectivity index (χ3n) is 4.78. The molecule has 1 N–H and O–H groups in total. The van der Waals surface area contributed by atoms with Crippen LogP contribution in [0.4, 0.5) is 0 Å². The molecule has 0 amide bonds. The number of fused-ring (bicyclic) bond motifs is 3. The number of benzene rings is 1. The Balaban J connectivity index is 1.77. The summed E-state index contributed by atoms with van der Waals surface area (Å²) in [5, 5.41) is 12.1. The van der Waals surface area contributed by atoms with E-state index in [1.165, 1.54) is 26.4 Å². The molecule has 3 nitrogen and oxygen atoms in total. The summed E-state index contributed by atoms with van der Waals surface area (Å²) in [4.78, 5) is 5.04. The molecule has 2 aromatic heterocycles. The van der Waals surface area contributed by atoms with E-state index in [0.717, 1.165) is 25.1 Å². The van der Waals surface area contributed by atoms with Crippen molar-refractivity contribution in [1.29, 1.82) is 0 Å². The van der Waals surface area contributed by atoms with Crippen LogP contribution in [0.5, 0.6) is 0 Å². The molecule has 0 saturated carbocycles. The molecule has 0 aliphatic carbocycles. The molecule has 0 spiro atoms. The fraction of sp³-hybridized carbons (Fsp3) is 0.368. The van der Waals surface area contributed by atoms with Crippen molar-refractivity contribution in [2.45, 2.75) is 32.5 Å². The number of rotatable bonds is 3. The molecule has 1 atom stereocenters. The molecule has 0 saturated heterocycles. The first-order valence-corrected chi connectivity index (χ1v) is 8.97. The average molecular weight is 326 g/mol. The summed E-state index contributed by atoms with van der Waals surface area (Å²) >= 11 is 1.84. The van der Waals surface area contributed by atoms with Gasteiger partial charge in [-0.1, -0.05) is 30.3 Å². The quantitative estimate of drug-likeness (QED) is 0.794. The van der Waals surface area contributed by atoms with Gasteiger partial charge in [0, 0.05) is 35.5 Å². The van der Waals surface area contributed by atoms with Gasteiger partial charge < -0.3 is 14.6 Å². The Labute approximate surface area is 140 Å². The van der Waals surface area contributed by atoms with E-state index in [2.05, 4.69) is 29.5 Å². The Morgan fingerprint density at radius 2 is 2.04 bits per heavy atom. The predicted octanol–water partition coefficient (Wildman–Crippen LogP) is 3.73. The number of aromatic nitrogens is 1. The molecular weight excluding hydrogens is 304 g/mol. The summed E-state index contributed by atoms with van der Waals surface area (Å²) in [5.74, 6) is 0.